The van der Waals surface area contributed by atoms with Crippen LogP contribution in [0.5, 0.6) is 0 Å². The third kappa shape index (κ3) is 1.22. The van der Waals surface area contributed by atoms with Gasteiger partial charge < -0.3 is 4.57 Å². The lowest BCUT2D eigenvalue weighted by Gasteiger charge is -2.02. The summed E-state index contributed by atoms with van der Waals surface area (Å²) in [5.41, 5.74) is 3.21. The van der Waals surface area contributed by atoms with Gasteiger partial charge in [-0.15, -0.1) is 0 Å². The second-order valence-corrected chi connectivity index (χ2v) is 4.06. The highest BCUT2D eigenvalue weighted by atomic mass is 35.5. The number of rotatable bonds is 0. The van der Waals surface area contributed by atoms with Crippen molar-refractivity contribution < 1.29 is 0 Å². The molecule has 0 radical (unpaired) electrons. The van der Waals surface area contributed by atoms with E-state index in [1.54, 1.807) is 12.3 Å². The van der Waals surface area contributed by atoms with Crippen LogP contribution in [-0.4, -0.2) is 4.57 Å². The summed E-state index contributed by atoms with van der Waals surface area (Å²) in [6.07, 6.45) is 1.71. The molecule has 1 aliphatic heterocycles. The summed E-state index contributed by atoms with van der Waals surface area (Å²) in [5.74, 6) is 0. The molecule has 0 fully saturated rings. The smallest absolute Gasteiger partial charge is 0.200 e. The van der Waals surface area contributed by atoms with E-state index in [1.165, 1.54) is 5.56 Å². The fourth-order valence-electron chi connectivity index (χ4n) is 2.00. The molecular weight excluding hydrogens is 210 g/mol. The van der Waals surface area contributed by atoms with Gasteiger partial charge in [-0.1, -0.05) is 35.9 Å². The van der Waals surface area contributed by atoms with Crippen molar-refractivity contribution >= 4 is 11.6 Å². The predicted molar refractivity (Wildman–Crippen MR) is 60.3 cm³/mol. The maximum Gasteiger partial charge on any atom is 0.200 e. The fraction of sp³-hybridized carbons (Fsp3) is 0.0833. The minimum Gasteiger partial charge on any atom is -0.341 e. The molecule has 2 heterocycles. The van der Waals surface area contributed by atoms with Crippen molar-refractivity contribution in [2.45, 2.75) is 6.54 Å². The Bertz CT molecular complexity index is 601. The summed E-state index contributed by atoms with van der Waals surface area (Å²) < 4.78 is 2.01. The third-order valence-electron chi connectivity index (χ3n) is 2.72. The molecule has 0 amide bonds. The first kappa shape index (κ1) is 8.74. The number of aromatic nitrogens is 1. The van der Waals surface area contributed by atoms with Crippen molar-refractivity contribution in [3.63, 3.8) is 0 Å². The van der Waals surface area contributed by atoms with Crippen LogP contribution in [0, 0.1) is 0 Å². The number of pyridine rings is 1. The summed E-state index contributed by atoms with van der Waals surface area (Å²) in [7, 11) is 0. The molecule has 0 aliphatic carbocycles. The standard InChI is InChI=1S/C12H8ClNO/c13-10-7-14-6-8-3-1-2-4-9(8)11(14)5-12(10)15/h1-5,7H,6H2. The average molecular weight is 218 g/mol. The van der Waals surface area contributed by atoms with Crippen molar-refractivity contribution in [3.05, 3.63) is 57.3 Å². The quantitative estimate of drug-likeness (QED) is 0.567. The minimum atomic E-state index is -0.111. The molecule has 1 aromatic heterocycles. The average Bonchev–Trinajstić information content (AvgIpc) is 2.57. The van der Waals surface area contributed by atoms with Gasteiger partial charge in [0, 0.05) is 24.4 Å². The topological polar surface area (TPSA) is 22.0 Å². The van der Waals surface area contributed by atoms with Gasteiger partial charge in [0.05, 0.1) is 5.69 Å². The first-order valence-corrected chi connectivity index (χ1v) is 5.12. The Morgan fingerprint density at radius 1 is 1.27 bits per heavy atom. The van der Waals surface area contributed by atoms with Crippen LogP contribution in [0.15, 0.2) is 41.3 Å². The van der Waals surface area contributed by atoms with Gasteiger partial charge in [0.2, 0.25) is 5.43 Å². The normalized spacial score (nSPS) is 12.3. The molecule has 0 N–H and O–H groups in total. The third-order valence-corrected chi connectivity index (χ3v) is 3.00. The maximum atomic E-state index is 11.4. The van der Waals surface area contributed by atoms with Crippen molar-refractivity contribution in [1.29, 1.82) is 0 Å². The van der Waals surface area contributed by atoms with Crippen LogP contribution in [-0.2, 0) is 6.54 Å². The highest BCUT2D eigenvalue weighted by molar-refractivity contribution is 6.30. The lowest BCUT2D eigenvalue weighted by molar-refractivity contribution is 0.836. The van der Waals surface area contributed by atoms with Crippen LogP contribution in [0.2, 0.25) is 5.02 Å². The van der Waals surface area contributed by atoms with Crippen LogP contribution in [0.3, 0.4) is 0 Å². The van der Waals surface area contributed by atoms with Gasteiger partial charge in [-0.3, -0.25) is 4.79 Å². The molecule has 15 heavy (non-hydrogen) atoms. The zero-order valence-electron chi connectivity index (χ0n) is 7.90. The fourth-order valence-corrected chi connectivity index (χ4v) is 2.17. The van der Waals surface area contributed by atoms with E-state index >= 15 is 0 Å². The number of nitrogens with zero attached hydrogens (tertiary/aromatic N) is 1. The SMILES string of the molecule is O=c1cc2n(cc1Cl)Cc1ccccc1-2. The van der Waals surface area contributed by atoms with Gasteiger partial charge in [-0.05, 0) is 5.56 Å². The van der Waals surface area contributed by atoms with E-state index in [-0.39, 0.29) is 10.5 Å². The molecule has 1 aromatic carbocycles. The summed E-state index contributed by atoms with van der Waals surface area (Å²) in [5, 5.41) is 0.284. The Balaban J connectivity index is 2.34. The Morgan fingerprint density at radius 2 is 2.07 bits per heavy atom. The van der Waals surface area contributed by atoms with Gasteiger partial charge in [0.25, 0.3) is 0 Å². The van der Waals surface area contributed by atoms with Crippen molar-refractivity contribution in [1.82, 2.24) is 4.57 Å². The number of halogens is 1. The van der Waals surface area contributed by atoms with Crippen LogP contribution in [0.4, 0.5) is 0 Å². The van der Waals surface area contributed by atoms with E-state index in [9.17, 15) is 4.79 Å². The zero-order chi connectivity index (χ0) is 10.4. The first-order valence-electron chi connectivity index (χ1n) is 4.74. The molecule has 3 rings (SSSR count). The maximum absolute atomic E-state index is 11.4. The van der Waals surface area contributed by atoms with Crippen LogP contribution < -0.4 is 5.43 Å². The largest absolute Gasteiger partial charge is 0.341 e. The zero-order valence-corrected chi connectivity index (χ0v) is 8.66. The predicted octanol–water partition coefficient (Wildman–Crippen LogP) is 2.53. The molecule has 1 aliphatic rings. The van der Waals surface area contributed by atoms with Crippen molar-refractivity contribution in [2.75, 3.05) is 0 Å². The van der Waals surface area contributed by atoms with Gasteiger partial charge >= 0.3 is 0 Å². The summed E-state index contributed by atoms with van der Waals surface area (Å²) in [6, 6.07) is 9.69. The summed E-state index contributed by atoms with van der Waals surface area (Å²) in [6.45, 7) is 0.797. The first-order chi connectivity index (χ1) is 7.25. The van der Waals surface area contributed by atoms with Gasteiger partial charge in [-0.25, -0.2) is 0 Å². The molecule has 0 bridgehead atoms. The van der Waals surface area contributed by atoms with Gasteiger partial charge in [0.1, 0.15) is 5.02 Å². The van der Waals surface area contributed by atoms with Crippen LogP contribution in [0.1, 0.15) is 5.56 Å². The Kier molecular flexibility index (Phi) is 1.73. The van der Waals surface area contributed by atoms with E-state index in [4.69, 9.17) is 11.6 Å². The summed E-state index contributed by atoms with van der Waals surface area (Å²) in [4.78, 5) is 11.4. The number of benzene rings is 1. The molecule has 0 unspecified atom stereocenters. The molecule has 2 nitrogen and oxygen atoms in total. The van der Waals surface area contributed by atoms with E-state index in [2.05, 4.69) is 6.07 Å². The van der Waals surface area contributed by atoms with Crippen LogP contribution >= 0.6 is 11.6 Å². The monoisotopic (exact) mass is 217 g/mol. The highest BCUT2D eigenvalue weighted by Gasteiger charge is 2.17. The van der Waals surface area contributed by atoms with E-state index < -0.39 is 0 Å². The van der Waals surface area contributed by atoms with Gasteiger partial charge in [0.15, 0.2) is 0 Å². The summed E-state index contributed by atoms with van der Waals surface area (Å²) >= 11 is 5.80. The number of hydrogen-bond acceptors (Lipinski definition) is 1. The Hall–Kier alpha value is -1.54. The lowest BCUT2D eigenvalue weighted by Crippen LogP contribution is -2.05. The second kappa shape index (κ2) is 2.97. The van der Waals surface area contributed by atoms with E-state index in [0.29, 0.717) is 0 Å². The molecule has 2 aromatic rings. The molecule has 0 saturated carbocycles. The molecule has 74 valence electrons. The Labute approximate surface area is 91.7 Å². The minimum absolute atomic E-state index is 0.111. The van der Waals surface area contributed by atoms with Crippen LogP contribution in [0.25, 0.3) is 11.3 Å². The van der Waals surface area contributed by atoms with Crippen molar-refractivity contribution in [2.24, 2.45) is 0 Å². The van der Waals surface area contributed by atoms with Crippen molar-refractivity contribution in [3.8, 4) is 11.3 Å². The lowest BCUT2D eigenvalue weighted by atomic mass is 10.1. The molecule has 0 spiro atoms. The molecule has 0 saturated heterocycles. The van der Waals surface area contributed by atoms with E-state index in [1.807, 2.05) is 22.8 Å². The van der Waals surface area contributed by atoms with E-state index in [0.717, 1.165) is 17.8 Å². The molecule has 0 atom stereocenters. The molecular formula is C12H8ClNO. The number of fused-ring (bicyclic) bond motifs is 3. The second-order valence-electron chi connectivity index (χ2n) is 3.66. The highest BCUT2D eigenvalue weighted by Crippen LogP contribution is 2.30. The molecule has 3 heteroatoms. The number of hydrogen-bond donors (Lipinski definition) is 0. The van der Waals surface area contributed by atoms with Gasteiger partial charge in [-0.2, -0.15) is 0 Å². The Morgan fingerprint density at radius 3 is 2.93 bits per heavy atom.